The number of hydrogen-bond donors (Lipinski definition) is 1. The standard InChI is InChI=1S/C23H30Cl3NO2/c1-3-5-6-7-8-12-27-15-17-13-21(26)23(22(14-17)28-4-2)29-16-18-19(24)10-9-11-20(18)25/h9-11,13-14,27H,3-8,12,15-16H2,1-2H3. The molecule has 2 aromatic carbocycles. The van der Waals surface area contributed by atoms with Crippen molar-refractivity contribution in [2.45, 2.75) is 59.1 Å². The molecular weight excluding hydrogens is 429 g/mol. The van der Waals surface area contributed by atoms with Gasteiger partial charge in [-0.25, -0.2) is 0 Å². The van der Waals surface area contributed by atoms with E-state index in [-0.39, 0.29) is 6.61 Å². The fourth-order valence-electron chi connectivity index (χ4n) is 3.03. The molecule has 0 aliphatic heterocycles. The number of benzene rings is 2. The minimum atomic E-state index is 0.216. The lowest BCUT2D eigenvalue weighted by molar-refractivity contribution is 0.269. The first kappa shape index (κ1) is 24.1. The van der Waals surface area contributed by atoms with Crippen molar-refractivity contribution in [1.82, 2.24) is 5.32 Å². The summed E-state index contributed by atoms with van der Waals surface area (Å²) in [4.78, 5) is 0. The molecule has 160 valence electrons. The third-order valence-electron chi connectivity index (χ3n) is 4.58. The van der Waals surface area contributed by atoms with Crippen molar-refractivity contribution in [3.05, 3.63) is 56.5 Å². The molecule has 0 aliphatic carbocycles. The average molecular weight is 459 g/mol. The van der Waals surface area contributed by atoms with Gasteiger partial charge in [-0.1, -0.05) is 73.5 Å². The van der Waals surface area contributed by atoms with Gasteiger partial charge in [0.15, 0.2) is 11.5 Å². The molecule has 0 fully saturated rings. The zero-order chi connectivity index (χ0) is 21.1. The highest BCUT2D eigenvalue weighted by atomic mass is 35.5. The molecule has 2 aromatic rings. The van der Waals surface area contributed by atoms with E-state index in [1.807, 2.05) is 19.1 Å². The van der Waals surface area contributed by atoms with Crippen molar-refractivity contribution in [3.8, 4) is 11.5 Å². The van der Waals surface area contributed by atoms with Crippen LogP contribution in [0.4, 0.5) is 0 Å². The summed E-state index contributed by atoms with van der Waals surface area (Å²) in [6.07, 6.45) is 6.34. The van der Waals surface area contributed by atoms with Gasteiger partial charge in [-0.05, 0) is 49.7 Å². The van der Waals surface area contributed by atoms with E-state index in [4.69, 9.17) is 44.3 Å². The fourth-order valence-corrected chi connectivity index (χ4v) is 3.82. The molecule has 0 unspecified atom stereocenters. The monoisotopic (exact) mass is 457 g/mol. The Hall–Kier alpha value is -1.13. The van der Waals surface area contributed by atoms with Crippen molar-refractivity contribution >= 4 is 34.8 Å². The third kappa shape index (κ3) is 7.90. The van der Waals surface area contributed by atoms with E-state index in [1.54, 1.807) is 18.2 Å². The Bertz CT molecular complexity index is 748. The highest BCUT2D eigenvalue weighted by Crippen LogP contribution is 2.38. The van der Waals surface area contributed by atoms with Crippen LogP contribution in [0, 0.1) is 0 Å². The number of halogens is 3. The normalized spacial score (nSPS) is 10.9. The van der Waals surface area contributed by atoms with Crippen LogP contribution in [0.25, 0.3) is 0 Å². The second-order valence-electron chi connectivity index (χ2n) is 6.92. The summed E-state index contributed by atoms with van der Waals surface area (Å²) in [5.41, 5.74) is 1.79. The Kier molecular flexibility index (Phi) is 11.0. The maximum Gasteiger partial charge on any atom is 0.180 e. The Balaban J connectivity index is 2.00. The van der Waals surface area contributed by atoms with E-state index in [0.29, 0.717) is 33.2 Å². The van der Waals surface area contributed by atoms with Crippen LogP contribution in [-0.4, -0.2) is 13.2 Å². The average Bonchev–Trinajstić information content (AvgIpc) is 2.68. The van der Waals surface area contributed by atoms with Crippen LogP contribution in [0.3, 0.4) is 0 Å². The minimum Gasteiger partial charge on any atom is -0.490 e. The van der Waals surface area contributed by atoms with Gasteiger partial charge in [0, 0.05) is 22.2 Å². The Morgan fingerprint density at radius 3 is 2.28 bits per heavy atom. The van der Waals surface area contributed by atoms with Gasteiger partial charge in [-0.3, -0.25) is 0 Å². The summed E-state index contributed by atoms with van der Waals surface area (Å²) in [5.74, 6) is 1.13. The molecule has 3 nitrogen and oxygen atoms in total. The highest BCUT2D eigenvalue weighted by Gasteiger charge is 2.15. The van der Waals surface area contributed by atoms with Gasteiger partial charge < -0.3 is 14.8 Å². The predicted octanol–water partition coefficient (Wildman–Crippen LogP) is 7.68. The van der Waals surface area contributed by atoms with E-state index in [9.17, 15) is 0 Å². The van der Waals surface area contributed by atoms with E-state index >= 15 is 0 Å². The molecule has 0 heterocycles. The molecule has 0 aromatic heterocycles. The maximum absolute atomic E-state index is 6.51. The molecule has 0 saturated carbocycles. The molecule has 0 amide bonds. The first-order chi connectivity index (χ1) is 14.1. The molecule has 29 heavy (non-hydrogen) atoms. The maximum atomic E-state index is 6.51. The number of ether oxygens (including phenoxy) is 2. The first-order valence-corrected chi connectivity index (χ1v) is 11.4. The van der Waals surface area contributed by atoms with Crippen molar-refractivity contribution in [2.75, 3.05) is 13.2 Å². The Morgan fingerprint density at radius 1 is 0.862 bits per heavy atom. The van der Waals surface area contributed by atoms with Gasteiger partial charge in [0.25, 0.3) is 0 Å². The van der Waals surface area contributed by atoms with Gasteiger partial charge in [0.05, 0.1) is 11.6 Å². The smallest absolute Gasteiger partial charge is 0.180 e. The first-order valence-electron chi connectivity index (χ1n) is 10.3. The minimum absolute atomic E-state index is 0.216. The van der Waals surface area contributed by atoms with Gasteiger partial charge in [-0.15, -0.1) is 0 Å². The SMILES string of the molecule is CCCCCCCNCc1cc(Cl)c(OCc2c(Cl)cccc2Cl)c(OCC)c1. The second kappa shape index (κ2) is 13.2. The quantitative estimate of drug-likeness (QED) is 0.312. The van der Waals surface area contributed by atoms with Crippen molar-refractivity contribution in [1.29, 1.82) is 0 Å². The van der Waals surface area contributed by atoms with E-state index in [0.717, 1.165) is 24.2 Å². The molecule has 0 spiro atoms. The summed E-state index contributed by atoms with van der Waals surface area (Å²) < 4.78 is 11.7. The molecule has 0 bridgehead atoms. The summed E-state index contributed by atoms with van der Waals surface area (Å²) >= 11 is 19.0. The summed E-state index contributed by atoms with van der Waals surface area (Å²) in [6.45, 7) is 6.64. The van der Waals surface area contributed by atoms with Gasteiger partial charge in [0.2, 0.25) is 0 Å². The number of unbranched alkanes of at least 4 members (excludes halogenated alkanes) is 4. The van der Waals surface area contributed by atoms with Gasteiger partial charge >= 0.3 is 0 Å². The van der Waals surface area contributed by atoms with Crippen LogP contribution in [0.1, 0.15) is 57.1 Å². The molecule has 0 atom stereocenters. The van der Waals surface area contributed by atoms with Gasteiger partial charge in [0.1, 0.15) is 6.61 Å². The van der Waals surface area contributed by atoms with Crippen LogP contribution in [0.15, 0.2) is 30.3 Å². The van der Waals surface area contributed by atoms with Crippen molar-refractivity contribution in [2.24, 2.45) is 0 Å². The van der Waals surface area contributed by atoms with Crippen LogP contribution >= 0.6 is 34.8 Å². The highest BCUT2D eigenvalue weighted by molar-refractivity contribution is 6.36. The topological polar surface area (TPSA) is 30.5 Å². The van der Waals surface area contributed by atoms with Crippen LogP contribution in [0.5, 0.6) is 11.5 Å². The lowest BCUT2D eigenvalue weighted by Gasteiger charge is -2.16. The zero-order valence-electron chi connectivity index (χ0n) is 17.2. The van der Waals surface area contributed by atoms with Crippen molar-refractivity contribution < 1.29 is 9.47 Å². The Morgan fingerprint density at radius 2 is 1.59 bits per heavy atom. The van der Waals surface area contributed by atoms with E-state index in [2.05, 4.69) is 12.2 Å². The second-order valence-corrected chi connectivity index (χ2v) is 8.14. The summed E-state index contributed by atoms with van der Waals surface area (Å²) in [6, 6.07) is 9.27. The molecule has 0 aliphatic rings. The molecule has 2 rings (SSSR count). The van der Waals surface area contributed by atoms with Crippen LogP contribution in [-0.2, 0) is 13.2 Å². The summed E-state index contributed by atoms with van der Waals surface area (Å²) in [7, 11) is 0. The van der Waals surface area contributed by atoms with Crippen LogP contribution < -0.4 is 14.8 Å². The van der Waals surface area contributed by atoms with Crippen LogP contribution in [0.2, 0.25) is 15.1 Å². The largest absolute Gasteiger partial charge is 0.490 e. The third-order valence-corrected chi connectivity index (χ3v) is 5.57. The van der Waals surface area contributed by atoms with E-state index in [1.165, 1.54) is 32.1 Å². The number of rotatable bonds is 13. The predicted molar refractivity (Wildman–Crippen MR) is 124 cm³/mol. The number of hydrogen-bond acceptors (Lipinski definition) is 3. The lowest BCUT2D eigenvalue weighted by Crippen LogP contribution is -2.15. The lowest BCUT2D eigenvalue weighted by atomic mass is 10.1. The molecular formula is C23H30Cl3NO2. The van der Waals surface area contributed by atoms with E-state index < -0.39 is 0 Å². The Labute approximate surface area is 189 Å². The molecule has 0 saturated heterocycles. The number of nitrogens with one attached hydrogen (secondary N) is 1. The fraction of sp³-hybridized carbons (Fsp3) is 0.478. The molecule has 0 radical (unpaired) electrons. The zero-order valence-corrected chi connectivity index (χ0v) is 19.5. The van der Waals surface area contributed by atoms with Gasteiger partial charge in [-0.2, -0.15) is 0 Å². The molecule has 1 N–H and O–H groups in total. The summed E-state index contributed by atoms with van der Waals surface area (Å²) in [5, 5.41) is 5.11. The molecule has 6 heteroatoms. The van der Waals surface area contributed by atoms with Crippen molar-refractivity contribution in [3.63, 3.8) is 0 Å².